The predicted molar refractivity (Wildman–Crippen MR) is 98.4 cm³/mol. The van der Waals surface area contributed by atoms with Gasteiger partial charge in [-0.25, -0.2) is 4.39 Å². The van der Waals surface area contributed by atoms with Crippen LogP contribution in [0.1, 0.15) is 36.4 Å². The van der Waals surface area contributed by atoms with Gasteiger partial charge in [0, 0.05) is 36.1 Å². The quantitative estimate of drug-likeness (QED) is 0.791. The molecule has 0 atom stereocenters. The number of aliphatic imine (C=N–C) groups is 1. The van der Waals surface area contributed by atoms with Crippen molar-refractivity contribution < 1.29 is 9.50 Å². The minimum absolute atomic E-state index is 0.278. The number of allylic oxidation sites excluding steroid dienone is 2. The monoisotopic (exact) mass is 344 g/mol. The topological polar surface area (TPSA) is 76.4 Å². The summed E-state index contributed by atoms with van der Waals surface area (Å²) in [5, 5.41) is 14.0. The van der Waals surface area contributed by atoms with Crippen LogP contribution in [0.5, 0.6) is 0 Å². The van der Waals surface area contributed by atoms with Gasteiger partial charge < -0.3 is 10.8 Å². The van der Waals surface area contributed by atoms with Gasteiger partial charge in [0.2, 0.25) is 0 Å². The number of nitrogens with zero attached hydrogens (tertiary/aromatic N) is 3. The highest BCUT2D eigenvalue weighted by atomic mass is 19.1. The standard InChI is InChI=1S/C19H25FN4O/c1-5-17-13(3)19(24(4)23-17)10-16(8-12(2)21)22-18-7-6-15(20)9-14(18)11-25/h6-9,25H,5,10-11,21H2,1-4H3. The lowest BCUT2D eigenvalue weighted by atomic mass is 10.1. The van der Waals surface area contributed by atoms with Gasteiger partial charge in [0.05, 0.1) is 18.0 Å². The molecule has 0 fully saturated rings. The Morgan fingerprint density at radius 3 is 2.72 bits per heavy atom. The van der Waals surface area contributed by atoms with Crippen LogP contribution in [0.2, 0.25) is 0 Å². The van der Waals surface area contributed by atoms with E-state index in [1.165, 1.54) is 12.1 Å². The molecule has 134 valence electrons. The molecule has 0 aliphatic rings. The van der Waals surface area contributed by atoms with Crippen molar-refractivity contribution in [3.8, 4) is 0 Å². The van der Waals surface area contributed by atoms with Crippen molar-refractivity contribution >= 4 is 11.4 Å². The Hall–Kier alpha value is -2.47. The third-order valence-electron chi connectivity index (χ3n) is 4.08. The van der Waals surface area contributed by atoms with Crippen molar-refractivity contribution in [2.24, 2.45) is 17.8 Å². The van der Waals surface area contributed by atoms with Crippen LogP contribution in [0.25, 0.3) is 0 Å². The summed E-state index contributed by atoms with van der Waals surface area (Å²) >= 11 is 0. The van der Waals surface area contributed by atoms with E-state index in [-0.39, 0.29) is 6.61 Å². The lowest BCUT2D eigenvalue weighted by molar-refractivity contribution is 0.282. The molecule has 0 saturated heterocycles. The van der Waals surface area contributed by atoms with Crippen molar-refractivity contribution in [3.05, 3.63) is 58.3 Å². The van der Waals surface area contributed by atoms with Gasteiger partial charge in [-0.3, -0.25) is 9.67 Å². The number of nitrogens with two attached hydrogens (primary N) is 1. The van der Waals surface area contributed by atoms with Gasteiger partial charge in [-0.1, -0.05) is 6.92 Å². The average Bonchev–Trinajstić information content (AvgIpc) is 2.83. The van der Waals surface area contributed by atoms with Crippen LogP contribution in [0, 0.1) is 12.7 Å². The third kappa shape index (κ3) is 4.54. The van der Waals surface area contributed by atoms with Gasteiger partial charge >= 0.3 is 0 Å². The predicted octanol–water partition coefficient (Wildman–Crippen LogP) is 3.10. The van der Waals surface area contributed by atoms with Crippen LogP contribution in [-0.4, -0.2) is 20.6 Å². The fourth-order valence-electron chi connectivity index (χ4n) is 2.81. The lowest BCUT2D eigenvalue weighted by Gasteiger charge is -2.08. The molecule has 1 heterocycles. The van der Waals surface area contributed by atoms with E-state index in [1.807, 2.05) is 11.7 Å². The molecule has 0 amide bonds. The normalized spacial score (nSPS) is 12.7. The zero-order chi connectivity index (χ0) is 18.6. The minimum Gasteiger partial charge on any atom is -0.402 e. The van der Waals surface area contributed by atoms with Crippen molar-refractivity contribution in [2.45, 2.75) is 40.2 Å². The number of halogens is 1. The summed E-state index contributed by atoms with van der Waals surface area (Å²) in [5.74, 6) is -0.398. The van der Waals surface area contributed by atoms with Gasteiger partial charge in [-0.05, 0) is 50.1 Å². The zero-order valence-corrected chi connectivity index (χ0v) is 15.2. The van der Waals surface area contributed by atoms with E-state index >= 15 is 0 Å². The Morgan fingerprint density at radius 1 is 1.44 bits per heavy atom. The number of benzene rings is 1. The molecule has 3 N–H and O–H groups in total. The summed E-state index contributed by atoms with van der Waals surface area (Å²) in [5.41, 5.74) is 11.4. The second-order valence-electron chi connectivity index (χ2n) is 6.09. The highest BCUT2D eigenvalue weighted by Crippen LogP contribution is 2.22. The minimum atomic E-state index is -0.398. The van der Waals surface area contributed by atoms with Crippen LogP contribution in [0.15, 0.2) is 35.0 Å². The molecule has 0 aliphatic carbocycles. The summed E-state index contributed by atoms with van der Waals surface area (Å²) in [4.78, 5) is 4.62. The van der Waals surface area contributed by atoms with E-state index in [0.717, 1.165) is 29.1 Å². The summed E-state index contributed by atoms with van der Waals surface area (Å²) in [7, 11) is 1.91. The molecule has 2 aromatic rings. The maximum Gasteiger partial charge on any atom is 0.123 e. The molecular weight excluding hydrogens is 319 g/mol. The Bertz CT molecular complexity index is 817. The molecule has 5 nitrogen and oxygen atoms in total. The van der Waals surface area contributed by atoms with E-state index < -0.39 is 5.82 Å². The molecule has 25 heavy (non-hydrogen) atoms. The molecule has 0 unspecified atom stereocenters. The number of aliphatic hydroxyl groups is 1. The summed E-state index contributed by atoms with van der Waals surface area (Å²) in [6, 6.07) is 4.19. The van der Waals surface area contributed by atoms with E-state index in [9.17, 15) is 9.50 Å². The lowest BCUT2D eigenvalue weighted by Crippen LogP contribution is -2.09. The van der Waals surface area contributed by atoms with Crippen LogP contribution < -0.4 is 5.73 Å². The largest absolute Gasteiger partial charge is 0.402 e. The first-order chi connectivity index (χ1) is 11.8. The number of aromatic nitrogens is 2. The van der Waals surface area contributed by atoms with Crippen molar-refractivity contribution in [3.63, 3.8) is 0 Å². The molecule has 6 heteroatoms. The van der Waals surface area contributed by atoms with Crippen molar-refractivity contribution in [2.75, 3.05) is 0 Å². The smallest absolute Gasteiger partial charge is 0.123 e. The first-order valence-electron chi connectivity index (χ1n) is 8.27. The first-order valence-corrected chi connectivity index (χ1v) is 8.27. The Labute approximate surface area is 147 Å². The number of aliphatic hydroxyl groups excluding tert-OH is 1. The van der Waals surface area contributed by atoms with Crippen LogP contribution in [0.3, 0.4) is 0 Å². The third-order valence-corrected chi connectivity index (χ3v) is 4.08. The fourth-order valence-corrected chi connectivity index (χ4v) is 2.81. The molecule has 2 rings (SSSR count). The average molecular weight is 344 g/mol. The van der Waals surface area contributed by atoms with Gasteiger partial charge in [-0.15, -0.1) is 0 Å². The van der Waals surface area contributed by atoms with Crippen LogP contribution >= 0.6 is 0 Å². The summed E-state index contributed by atoms with van der Waals surface area (Å²) in [6.07, 6.45) is 3.21. The van der Waals surface area contributed by atoms with Crippen LogP contribution in [0.4, 0.5) is 10.1 Å². The van der Waals surface area contributed by atoms with Crippen LogP contribution in [-0.2, 0) is 26.5 Å². The number of rotatable bonds is 6. The SMILES string of the molecule is CCc1nn(C)c(CC(C=C(C)N)=Nc2ccc(F)cc2CO)c1C. The second-order valence-corrected chi connectivity index (χ2v) is 6.09. The van der Waals surface area contributed by atoms with E-state index in [2.05, 4.69) is 23.9 Å². The van der Waals surface area contributed by atoms with Crippen molar-refractivity contribution in [1.29, 1.82) is 0 Å². The molecule has 0 saturated carbocycles. The van der Waals surface area contributed by atoms with Gasteiger partial charge in [-0.2, -0.15) is 5.10 Å². The Morgan fingerprint density at radius 2 is 2.16 bits per heavy atom. The molecule has 0 bridgehead atoms. The van der Waals surface area contributed by atoms with E-state index in [4.69, 9.17) is 5.73 Å². The molecule has 0 aliphatic heterocycles. The van der Waals surface area contributed by atoms with E-state index in [1.54, 1.807) is 19.1 Å². The highest BCUT2D eigenvalue weighted by Gasteiger charge is 2.13. The fraction of sp³-hybridized carbons (Fsp3) is 0.368. The summed E-state index contributed by atoms with van der Waals surface area (Å²) in [6.45, 7) is 5.64. The number of aryl methyl sites for hydroxylation is 2. The number of hydrogen-bond acceptors (Lipinski definition) is 4. The van der Waals surface area contributed by atoms with Gasteiger partial charge in [0.15, 0.2) is 0 Å². The maximum atomic E-state index is 13.4. The highest BCUT2D eigenvalue weighted by molar-refractivity contribution is 5.98. The molecule has 1 aromatic heterocycles. The van der Waals surface area contributed by atoms with E-state index in [0.29, 0.717) is 23.4 Å². The maximum absolute atomic E-state index is 13.4. The molecule has 0 radical (unpaired) electrons. The van der Waals surface area contributed by atoms with Gasteiger partial charge in [0.25, 0.3) is 0 Å². The molecule has 1 aromatic carbocycles. The summed E-state index contributed by atoms with van der Waals surface area (Å²) < 4.78 is 15.2. The molecule has 0 spiro atoms. The van der Waals surface area contributed by atoms with Gasteiger partial charge in [0.1, 0.15) is 5.82 Å². The Balaban J connectivity index is 2.48. The first kappa shape index (κ1) is 18.9. The second kappa shape index (κ2) is 8.07. The van der Waals surface area contributed by atoms with Crippen molar-refractivity contribution in [1.82, 2.24) is 9.78 Å². The Kier molecular flexibility index (Phi) is 6.09. The molecular formula is C19H25FN4O. The zero-order valence-electron chi connectivity index (χ0n) is 15.2. The number of hydrogen-bond donors (Lipinski definition) is 2.